The number of benzene rings is 2. The molecular weight excluding hydrogens is 468 g/mol. The summed E-state index contributed by atoms with van der Waals surface area (Å²) in [7, 11) is 3.10. The number of aryl methyl sites for hydroxylation is 2. The molecule has 0 spiro atoms. The molecule has 2 amide bonds. The molecule has 1 aliphatic rings. The van der Waals surface area contributed by atoms with Gasteiger partial charge in [-0.3, -0.25) is 0 Å². The summed E-state index contributed by atoms with van der Waals surface area (Å²) >= 11 is 0. The Morgan fingerprint density at radius 2 is 1.03 bits per heavy atom. The number of hydrogen-bond acceptors (Lipinski definition) is 8. The second-order valence-electron chi connectivity index (χ2n) is 8.42. The molecule has 0 unspecified atom stereocenters. The minimum Gasteiger partial charge on any atom is -0.493 e. The number of piperazine rings is 1. The quantitative estimate of drug-likeness (QED) is 0.492. The summed E-state index contributed by atoms with van der Waals surface area (Å²) < 4.78 is 32.9. The van der Waals surface area contributed by atoms with Gasteiger partial charge < -0.3 is 38.2 Å². The fourth-order valence-electron chi connectivity index (χ4n) is 3.65. The van der Waals surface area contributed by atoms with Gasteiger partial charge in [-0.05, 0) is 49.2 Å². The lowest BCUT2D eigenvalue weighted by Gasteiger charge is -2.34. The molecule has 3 rings (SSSR count). The van der Waals surface area contributed by atoms with Crippen molar-refractivity contribution in [3.8, 4) is 23.0 Å². The van der Waals surface area contributed by atoms with Crippen LogP contribution in [-0.2, 0) is 9.47 Å². The van der Waals surface area contributed by atoms with Crippen LogP contribution < -0.4 is 18.9 Å². The number of rotatable bonds is 8. The molecule has 1 saturated heterocycles. The van der Waals surface area contributed by atoms with E-state index in [-0.39, 0.29) is 0 Å². The molecule has 0 radical (unpaired) electrons. The first-order valence-electron chi connectivity index (χ1n) is 11.7. The predicted octanol–water partition coefficient (Wildman–Crippen LogP) is 4.36. The molecule has 196 valence electrons. The Morgan fingerprint density at radius 1 is 0.667 bits per heavy atom. The number of carbonyl (C=O) groups is 2. The Hall–Kier alpha value is -3.82. The molecule has 2 aromatic carbocycles. The molecule has 1 fully saturated rings. The summed E-state index contributed by atoms with van der Waals surface area (Å²) in [5, 5.41) is 0. The SMILES string of the molecule is COc1cc(C)ccc1O[C@@H](C)OC(=O)N1CCN(C(=O)O[C@H](C)Oc2ccc(C)cc2OC)CC1. The summed E-state index contributed by atoms with van der Waals surface area (Å²) in [4.78, 5) is 28.2. The second kappa shape index (κ2) is 12.2. The summed E-state index contributed by atoms with van der Waals surface area (Å²) in [5.41, 5.74) is 2.05. The monoisotopic (exact) mass is 502 g/mol. The van der Waals surface area contributed by atoms with Crippen molar-refractivity contribution in [2.24, 2.45) is 0 Å². The van der Waals surface area contributed by atoms with Gasteiger partial charge in [0.1, 0.15) is 0 Å². The van der Waals surface area contributed by atoms with E-state index in [0.29, 0.717) is 49.2 Å². The van der Waals surface area contributed by atoms with Crippen molar-refractivity contribution in [2.45, 2.75) is 40.3 Å². The van der Waals surface area contributed by atoms with Gasteiger partial charge in [0.25, 0.3) is 0 Å². The third kappa shape index (κ3) is 7.10. The molecule has 10 nitrogen and oxygen atoms in total. The lowest BCUT2D eigenvalue weighted by molar-refractivity contribution is -0.0488. The fourth-order valence-corrected chi connectivity index (χ4v) is 3.65. The van der Waals surface area contributed by atoms with E-state index in [0.717, 1.165) is 11.1 Å². The van der Waals surface area contributed by atoms with Gasteiger partial charge in [-0.2, -0.15) is 0 Å². The van der Waals surface area contributed by atoms with Crippen LogP contribution in [0.2, 0.25) is 0 Å². The van der Waals surface area contributed by atoms with Crippen molar-refractivity contribution in [3.63, 3.8) is 0 Å². The van der Waals surface area contributed by atoms with Gasteiger partial charge in [0.15, 0.2) is 23.0 Å². The fraction of sp³-hybridized carbons (Fsp3) is 0.462. The van der Waals surface area contributed by atoms with Crippen molar-refractivity contribution in [2.75, 3.05) is 40.4 Å². The van der Waals surface area contributed by atoms with Crippen LogP contribution in [0.5, 0.6) is 23.0 Å². The van der Waals surface area contributed by atoms with Gasteiger partial charge in [0.2, 0.25) is 12.6 Å². The van der Waals surface area contributed by atoms with Crippen molar-refractivity contribution >= 4 is 12.2 Å². The van der Waals surface area contributed by atoms with E-state index in [9.17, 15) is 9.59 Å². The summed E-state index contributed by atoms with van der Waals surface area (Å²) in [5.74, 6) is 2.08. The maximum atomic E-state index is 12.6. The van der Waals surface area contributed by atoms with Gasteiger partial charge in [0.05, 0.1) is 14.2 Å². The lowest BCUT2D eigenvalue weighted by Crippen LogP contribution is -2.51. The number of nitrogens with zero attached hydrogens (tertiary/aromatic N) is 2. The van der Waals surface area contributed by atoms with Gasteiger partial charge in [0, 0.05) is 40.0 Å². The number of ether oxygens (including phenoxy) is 6. The average molecular weight is 503 g/mol. The van der Waals surface area contributed by atoms with E-state index >= 15 is 0 Å². The second-order valence-corrected chi connectivity index (χ2v) is 8.42. The topological polar surface area (TPSA) is 96.0 Å². The van der Waals surface area contributed by atoms with Gasteiger partial charge in [-0.25, -0.2) is 9.59 Å². The first-order valence-corrected chi connectivity index (χ1v) is 11.7. The summed E-state index contributed by atoms with van der Waals surface area (Å²) in [6.45, 7) is 8.36. The standard InChI is InChI=1S/C26H34N2O8/c1-17-7-9-21(23(15-17)31-5)33-19(3)35-25(29)27-11-13-28(14-12-27)26(30)36-20(4)34-22-10-8-18(2)16-24(22)32-6/h7-10,15-16,19-20H,11-14H2,1-6H3/t19-,20-/m1/s1. The number of carbonyl (C=O) groups excluding carboxylic acids is 2. The van der Waals surface area contributed by atoms with E-state index in [1.54, 1.807) is 40.2 Å². The first-order chi connectivity index (χ1) is 17.2. The molecular formula is C26H34N2O8. The molecule has 2 aromatic rings. The van der Waals surface area contributed by atoms with Crippen LogP contribution in [0, 0.1) is 13.8 Å². The van der Waals surface area contributed by atoms with Crippen molar-refractivity contribution in [3.05, 3.63) is 47.5 Å². The smallest absolute Gasteiger partial charge is 0.412 e. The molecule has 0 aliphatic carbocycles. The summed E-state index contributed by atoms with van der Waals surface area (Å²) in [6, 6.07) is 11.0. The summed E-state index contributed by atoms with van der Waals surface area (Å²) in [6.07, 6.45) is -2.70. The zero-order valence-corrected chi connectivity index (χ0v) is 21.6. The molecule has 0 aromatic heterocycles. The first kappa shape index (κ1) is 26.8. The van der Waals surface area contributed by atoms with E-state index in [2.05, 4.69) is 0 Å². The third-order valence-corrected chi connectivity index (χ3v) is 5.55. The molecule has 2 atom stereocenters. The third-order valence-electron chi connectivity index (χ3n) is 5.55. The van der Waals surface area contributed by atoms with Crippen LogP contribution in [0.1, 0.15) is 25.0 Å². The Balaban J connectivity index is 1.44. The average Bonchev–Trinajstić information content (AvgIpc) is 2.86. The maximum absolute atomic E-state index is 12.6. The van der Waals surface area contributed by atoms with Crippen LogP contribution in [0.15, 0.2) is 36.4 Å². The van der Waals surface area contributed by atoms with Crippen LogP contribution >= 0.6 is 0 Å². The van der Waals surface area contributed by atoms with E-state index in [1.807, 2.05) is 38.1 Å². The van der Waals surface area contributed by atoms with Crippen molar-refractivity contribution in [1.82, 2.24) is 9.80 Å². The van der Waals surface area contributed by atoms with Crippen LogP contribution in [0.25, 0.3) is 0 Å². The molecule has 1 aliphatic heterocycles. The highest BCUT2D eigenvalue weighted by atomic mass is 16.7. The zero-order valence-electron chi connectivity index (χ0n) is 21.6. The molecule has 36 heavy (non-hydrogen) atoms. The van der Waals surface area contributed by atoms with Gasteiger partial charge >= 0.3 is 12.2 Å². The van der Waals surface area contributed by atoms with Gasteiger partial charge in [-0.15, -0.1) is 0 Å². The van der Waals surface area contributed by atoms with Crippen LogP contribution in [0.4, 0.5) is 9.59 Å². The number of amides is 2. The Kier molecular flexibility index (Phi) is 9.10. The van der Waals surface area contributed by atoms with E-state index < -0.39 is 24.8 Å². The number of hydrogen-bond donors (Lipinski definition) is 0. The van der Waals surface area contributed by atoms with E-state index in [4.69, 9.17) is 28.4 Å². The number of methoxy groups -OCH3 is 2. The minimum absolute atomic E-state index is 0.301. The lowest BCUT2D eigenvalue weighted by atomic mass is 10.2. The largest absolute Gasteiger partial charge is 0.493 e. The zero-order chi connectivity index (χ0) is 26.2. The highest BCUT2D eigenvalue weighted by Gasteiger charge is 2.28. The predicted molar refractivity (Wildman–Crippen MR) is 132 cm³/mol. The van der Waals surface area contributed by atoms with Crippen LogP contribution in [0.3, 0.4) is 0 Å². The molecule has 10 heteroatoms. The highest BCUT2D eigenvalue weighted by Crippen LogP contribution is 2.30. The Labute approximate surface area is 211 Å². The van der Waals surface area contributed by atoms with E-state index in [1.165, 1.54) is 9.80 Å². The van der Waals surface area contributed by atoms with Crippen molar-refractivity contribution in [1.29, 1.82) is 0 Å². The highest BCUT2D eigenvalue weighted by molar-refractivity contribution is 5.70. The molecule has 1 heterocycles. The molecule has 0 saturated carbocycles. The van der Waals surface area contributed by atoms with Crippen LogP contribution in [-0.4, -0.2) is 75.0 Å². The normalized spacial score (nSPS) is 14.9. The van der Waals surface area contributed by atoms with Crippen molar-refractivity contribution < 1.29 is 38.0 Å². The molecule has 0 N–H and O–H groups in total. The maximum Gasteiger partial charge on any atom is 0.412 e. The minimum atomic E-state index is -0.825. The Morgan fingerprint density at radius 3 is 1.36 bits per heavy atom. The molecule has 0 bridgehead atoms. The Bertz CT molecular complexity index is 969. The van der Waals surface area contributed by atoms with Gasteiger partial charge in [-0.1, -0.05) is 12.1 Å².